The molecule has 2 fully saturated rings. The van der Waals surface area contributed by atoms with Crippen molar-refractivity contribution >= 4 is 28.5 Å². The minimum atomic E-state index is 0.0435. The topological polar surface area (TPSA) is 70.6 Å². The average Bonchev–Trinajstić information content (AvgIpc) is 2.73. The van der Waals surface area contributed by atoms with E-state index in [0.29, 0.717) is 5.96 Å². The molecular weight excluding hydrogens is 360 g/mol. The van der Waals surface area contributed by atoms with Gasteiger partial charge < -0.3 is 15.5 Å². The smallest absolute Gasteiger partial charge is 0.197 e. The van der Waals surface area contributed by atoms with E-state index < -0.39 is 0 Å². The zero-order valence-electron chi connectivity index (χ0n) is 16.8. The predicted molar refractivity (Wildman–Crippen MR) is 118 cm³/mol. The molecule has 1 aliphatic carbocycles. The zero-order valence-corrected chi connectivity index (χ0v) is 16.8. The number of aliphatic imine (C=N–C) groups is 1. The summed E-state index contributed by atoms with van der Waals surface area (Å²) in [5.74, 6) is 1.58. The van der Waals surface area contributed by atoms with E-state index in [1.165, 1.54) is 6.42 Å². The van der Waals surface area contributed by atoms with Crippen LogP contribution in [-0.4, -0.2) is 46.0 Å². The maximum Gasteiger partial charge on any atom is 0.197 e. The zero-order chi connectivity index (χ0) is 19.8. The normalized spacial score (nSPS) is 18.9. The molecule has 3 aromatic rings. The van der Waals surface area contributed by atoms with Gasteiger partial charge in [-0.3, -0.25) is 4.98 Å². The second-order valence-electron chi connectivity index (χ2n) is 8.12. The Balaban J connectivity index is 1.41. The molecule has 1 saturated carbocycles. The van der Waals surface area contributed by atoms with Crippen molar-refractivity contribution in [2.24, 2.45) is 10.7 Å². The van der Waals surface area contributed by atoms with Gasteiger partial charge in [-0.05, 0) is 49.9 Å². The highest BCUT2D eigenvalue weighted by molar-refractivity contribution is 5.83. The second kappa shape index (κ2) is 7.03. The van der Waals surface area contributed by atoms with Crippen molar-refractivity contribution in [3.63, 3.8) is 0 Å². The predicted octanol–water partition coefficient (Wildman–Crippen LogP) is 3.63. The highest BCUT2D eigenvalue weighted by atomic mass is 15.4. The van der Waals surface area contributed by atoms with Crippen LogP contribution in [0.3, 0.4) is 0 Å². The number of nitrogens with zero attached hydrogens (tertiary/aromatic N) is 5. The van der Waals surface area contributed by atoms with Crippen molar-refractivity contribution in [2.75, 3.05) is 24.5 Å². The lowest BCUT2D eigenvalue weighted by molar-refractivity contribution is 0.0639. The van der Waals surface area contributed by atoms with E-state index in [1.54, 1.807) is 0 Å². The van der Waals surface area contributed by atoms with Gasteiger partial charge in [-0.2, -0.15) is 0 Å². The summed E-state index contributed by atoms with van der Waals surface area (Å²) in [6.07, 6.45) is 5.39. The average molecular weight is 387 g/mol. The van der Waals surface area contributed by atoms with Gasteiger partial charge in [0.25, 0.3) is 0 Å². The molecule has 1 spiro atoms. The second-order valence-corrected chi connectivity index (χ2v) is 8.12. The first-order chi connectivity index (χ1) is 14.1. The first-order valence-corrected chi connectivity index (χ1v) is 10.3. The minimum Gasteiger partial charge on any atom is -0.369 e. The van der Waals surface area contributed by atoms with Crippen molar-refractivity contribution in [3.05, 3.63) is 60.3 Å². The molecule has 0 atom stereocenters. The summed E-state index contributed by atoms with van der Waals surface area (Å²) in [4.78, 5) is 18.9. The quantitative estimate of drug-likeness (QED) is 0.538. The Bertz CT molecular complexity index is 1070. The van der Waals surface area contributed by atoms with E-state index in [2.05, 4.69) is 27.8 Å². The Kier molecular flexibility index (Phi) is 4.34. The molecule has 2 aliphatic rings. The van der Waals surface area contributed by atoms with Crippen LogP contribution < -0.4 is 10.6 Å². The number of piperazine rings is 1. The third-order valence-corrected chi connectivity index (χ3v) is 6.32. The number of hydrogen-bond donors (Lipinski definition) is 1. The van der Waals surface area contributed by atoms with Crippen molar-refractivity contribution in [3.8, 4) is 0 Å². The number of anilines is 1. The number of para-hydroxylation sites is 3. The van der Waals surface area contributed by atoms with Crippen LogP contribution in [0.5, 0.6) is 0 Å². The Morgan fingerprint density at radius 2 is 1.79 bits per heavy atom. The van der Waals surface area contributed by atoms with Crippen LogP contribution in [0.25, 0.3) is 11.0 Å². The fourth-order valence-electron chi connectivity index (χ4n) is 4.52. The molecule has 0 unspecified atom stereocenters. The maximum absolute atomic E-state index is 6.52. The number of guanidine groups is 1. The number of aromatic nitrogens is 2. The number of hydrogen-bond acceptors (Lipinski definition) is 4. The molecule has 2 aromatic carbocycles. The van der Waals surface area contributed by atoms with Gasteiger partial charge >= 0.3 is 0 Å². The van der Waals surface area contributed by atoms with Gasteiger partial charge in [0.1, 0.15) is 5.82 Å². The molecule has 2 heterocycles. The van der Waals surface area contributed by atoms with Crippen molar-refractivity contribution in [1.82, 2.24) is 14.9 Å². The summed E-state index contributed by atoms with van der Waals surface area (Å²) < 4.78 is 0. The standard InChI is InChI=1S/C23H26N6/c1-17-7-2-3-8-18(17)27-22(24)29-14-13-28(16-23(29)11-6-12-23)21-15-25-19-9-4-5-10-20(19)26-21/h2-5,7-10,15H,6,11-14,16H2,1H3,(H2,24,27). The molecule has 0 amide bonds. The van der Waals surface area contributed by atoms with E-state index in [4.69, 9.17) is 15.7 Å². The highest BCUT2D eigenvalue weighted by Crippen LogP contribution is 2.41. The lowest BCUT2D eigenvalue weighted by Crippen LogP contribution is -2.68. The summed E-state index contributed by atoms with van der Waals surface area (Å²) in [5, 5.41) is 0. The fraction of sp³-hybridized carbons (Fsp3) is 0.348. The Morgan fingerprint density at radius 3 is 2.55 bits per heavy atom. The summed E-state index contributed by atoms with van der Waals surface area (Å²) in [7, 11) is 0. The summed E-state index contributed by atoms with van der Waals surface area (Å²) >= 11 is 0. The van der Waals surface area contributed by atoms with Crippen LogP contribution in [0.1, 0.15) is 24.8 Å². The molecule has 6 heteroatoms. The molecule has 5 rings (SSSR count). The molecule has 2 N–H and O–H groups in total. The Labute approximate surface area is 171 Å². The van der Waals surface area contributed by atoms with Crippen LogP contribution in [0.15, 0.2) is 59.7 Å². The van der Waals surface area contributed by atoms with E-state index >= 15 is 0 Å². The molecular formula is C23H26N6. The van der Waals surface area contributed by atoms with Gasteiger partial charge in [0.2, 0.25) is 0 Å². The van der Waals surface area contributed by atoms with Gasteiger partial charge in [0, 0.05) is 19.6 Å². The lowest BCUT2D eigenvalue weighted by atomic mass is 9.73. The molecule has 6 nitrogen and oxygen atoms in total. The summed E-state index contributed by atoms with van der Waals surface area (Å²) in [6.45, 7) is 4.68. The van der Waals surface area contributed by atoms with Crippen molar-refractivity contribution in [2.45, 2.75) is 31.7 Å². The van der Waals surface area contributed by atoms with Gasteiger partial charge in [-0.15, -0.1) is 0 Å². The molecule has 0 radical (unpaired) electrons. The molecule has 0 bridgehead atoms. The number of nitrogens with two attached hydrogens (primary N) is 1. The molecule has 148 valence electrons. The number of aryl methyl sites for hydroxylation is 1. The third kappa shape index (κ3) is 3.18. The van der Waals surface area contributed by atoms with E-state index in [-0.39, 0.29) is 5.54 Å². The minimum absolute atomic E-state index is 0.0435. The summed E-state index contributed by atoms with van der Waals surface area (Å²) in [6, 6.07) is 16.2. The maximum atomic E-state index is 6.52. The van der Waals surface area contributed by atoms with E-state index in [9.17, 15) is 0 Å². The number of rotatable bonds is 2. The van der Waals surface area contributed by atoms with Crippen molar-refractivity contribution < 1.29 is 0 Å². The number of benzene rings is 2. The lowest BCUT2D eigenvalue weighted by Gasteiger charge is -2.56. The Morgan fingerprint density at radius 1 is 1.03 bits per heavy atom. The Hall–Kier alpha value is -3.15. The van der Waals surface area contributed by atoms with Crippen LogP contribution in [0.4, 0.5) is 11.5 Å². The van der Waals surface area contributed by atoms with Crippen molar-refractivity contribution in [1.29, 1.82) is 0 Å². The third-order valence-electron chi connectivity index (χ3n) is 6.32. The van der Waals surface area contributed by atoms with Crippen LogP contribution >= 0.6 is 0 Å². The first-order valence-electron chi connectivity index (χ1n) is 10.3. The van der Waals surface area contributed by atoms with E-state index in [1.807, 2.05) is 48.7 Å². The van der Waals surface area contributed by atoms with Gasteiger partial charge in [0.05, 0.1) is 28.5 Å². The van der Waals surface area contributed by atoms with Gasteiger partial charge in [-0.1, -0.05) is 30.3 Å². The molecule has 1 aromatic heterocycles. The largest absolute Gasteiger partial charge is 0.369 e. The molecule has 29 heavy (non-hydrogen) atoms. The van der Waals surface area contributed by atoms with Gasteiger partial charge in [0.15, 0.2) is 5.96 Å². The van der Waals surface area contributed by atoms with Crippen LogP contribution in [-0.2, 0) is 0 Å². The fourth-order valence-corrected chi connectivity index (χ4v) is 4.52. The highest BCUT2D eigenvalue weighted by Gasteiger charge is 2.47. The molecule has 1 saturated heterocycles. The summed E-state index contributed by atoms with van der Waals surface area (Å²) in [5.41, 5.74) is 10.5. The monoisotopic (exact) mass is 386 g/mol. The van der Waals surface area contributed by atoms with Crippen LogP contribution in [0, 0.1) is 6.92 Å². The van der Waals surface area contributed by atoms with Gasteiger partial charge in [-0.25, -0.2) is 9.98 Å². The van der Waals surface area contributed by atoms with Crippen LogP contribution in [0.2, 0.25) is 0 Å². The SMILES string of the molecule is Cc1ccccc1N=C(N)N1CCN(c2cnc3ccccc3n2)CC12CCC2. The molecule has 1 aliphatic heterocycles. The number of fused-ring (bicyclic) bond motifs is 1. The van der Waals surface area contributed by atoms with E-state index in [0.717, 1.165) is 60.6 Å². The first kappa shape index (κ1) is 17.9.